The van der Waals surface area contributed by atoms with Gasteiger partial charge in [0.25, 0.3) is 0 Å². The van der Waals surface area contributed by atoms with E-state index in [0.717, 1.165) is 65.8 Å². The molecule has 2 N–H and O–H groups in total. The Hall–Kier alpha value is -4.69. The molecular weight excluding hydrogens is 508 g/mol. The zero-order valence-electron chi connectivity index (χ0n) is 23.9. The fourth-order valence-electron chi connectivity index (χ4n) is 5.08. The van der Waals surface area contributed by atoms with Gasteiger partial charge in [-0.15, -0.1) is 0 Å². The standard InChI is InChI=1S/C33H36N8/c1-24-9-10-26(17-32(24)38-33-34-12-11-31(37-33)27-7-5-4-6-8-27)21-35-28-18-29(40-15-13-39(3)14-16-40)20-30(19-28)41-22-25(2)36-23-41/h4-12,17-20,22-23,35H,13-16,21H2,1-3H3,(H,34,37,38). The predicted octanol–water partition coefficient (Wildman–Crippen LogP) is 6.05. The van der Waals surface area contributed by atoms with E-state index < -0.39 is 0 Å². The van der Waals surface area contributed by atoms with E-state index in [1.807, 2.05) is 37.5 Å². The minimum absolute atomic E-state index is 0.583. The Labute approximate surface area is 241 Å². The van der Waals surface area contributed by atoms with Gasteiger partial charge in [0.2, 0.25) is 5.95 Å². The summed E-state index contributed by atoms with van der Waals surface area (Å²) in [6.07, 6.45) is 5.75. The highest BCUT2D eigenvalue weighted by molar-refractivity contribution is 5.66. The number of benzene rings is 3. The van der Waals surface area contributed by atoms with E-state index in [-0.39, 0.29) is 0 Å². The van der Waals surface area contributed by atoms with Crippen LogP contribution in [0.3, 0.4) is 0 Å². The second kappa shape index (κ2) is 11.8. The van der Waals surface area contributed by atoms with Crippen molar-refractivity contribution in [1.82, 2.24) is 24.4 Å². The van der Waals surface area contributed by atoms with Crippen molar-refractivity contribution in [3.63, 3.8) is 0 Å². The minimum atomic E-state index is 0.583. The molecule has 0 radical (unpaired) electrons. The van der Waals surface area contributed by atoms with Gasteiger partial charge in [0.05, 0.1) is 23.4 Å². The molecular formula is C33H36N8. The zero-order chi connectivity index (χ0) is 28.2. The van der Waals surface area contributed by atoms with Gasteiger partial charge >= 0.3 is 0 Å². The molecule has 5 aromatic rings. The smallest absolute Gasteiger partial charge is 0.227 e. The summed E-state index contributed by atoms with van der Waals surface area (Å²) in [5, 5.41) is 7.12. The minimum Gasteiger partial charge on any atom is -0.381 e. The number of imidazole rings is 1. The fourth-order valence-corrected chi connectivity index (χ4v) is 5.08. The first-order chi connectivity index (χ1) is 20.0. The van der Waals surface area contributed by atoms with Crippen molar-refractivity contribution in [2.45, 2.75) is 20.4 Å². The van der Waals surface area contributed by atoms with Crippen LogP contribution in [0.15, 0.2) is 91.5 Å². The summed E-state index contributed by atoms with van der Waals surface area (Å²) in [7, 11) is 2.19. The number of rotatable bonds is 8. The largest absolute Gasteiger partial charge is 0.381 e. The third kappa shape index (κ3) is 6.39. The van der Waals surface area contributed by atoms with Crippen molar-refractivity contribution in [3.8, 4) is 16.9 Å². The molecule has 6 rings (SSSR count). The summed E-state index contributed by atoms with van der Waals surface area (Å²) < 4.78 is 2.09. The van der Waals surface area contributed by atoms with Crippen molar-refractivity contribution >= 4 is 23.0 Å². The summed E-state index contributed by atoms with van der Waals surface area (Å²) in [5.74, 6) is 0.583. The number of likely N-dealkylation sites (N-methyl/N-ethyl adjacent to an activating group) is 1. The molecule has 3 heterocycles. The second-order valence-electron chi connectivity index (χ2n) is 10.7. The number of nitrogens with zero attached hydrogens (tertiary/aromatic N) is 6. The van der Waals surface area contributed by atoms with Gasteiger partial charge < -0.3 is 25.0 Å². The SMILES string of the molecule is Cc1cn(-c2cc(NCc3ccc(C)c(Nc4nccc(-c5ccccc5)n4)c3)cc(N3CCN(C)CC3)c2)cn1. The van der Waals surface area contributed by atoms with E-state index in [4.69, 9.17) is 4.98 Å². The molecule has 3 aromatic carbocycles. The molecule has 0 aliphatic carbocycles. The van der Waals surface area contributed by atoms with Crippen LogP contribution in [0.1, 0.15) is 16.8 Å². The van der Waals surface area contributed by atoms with Gasteiger partial charge in [0, 0.05) is 67.7 Å². The van der Waals surface area contributed by atoms with Crippen molar-refractivity contribution in [3.05, 3.63) is 108 Å². The Kier molecular flexibility index (Phi) is 7.65. The van der Waals surface area contributed by atoms with Gasteiger partial charge in [-0.1, -0.05) is 42.5 Å². The average molecular weight is 545 g/mol. The summed E-state index contributed by atoms with van der Waals surface area (Å²) in [6.45, 7) is 8.97. The van der Waals surface area contributed by atoms with E-state index in [9.17, 15) is 0 Å². The molecule has 1 aliphatic heterocycles. The van der Waals surface area contributed by atoms with Crippen LogP contribution < -0.4 is 15.5 Å². The van der Waals surface area contributed by atoms with Crippen LogP contribution in [0.25, 0.3) is 16.9 Å². The molecule has 41 heavy (non-hydrogen) atoms. The van der Waals surface area contributed by atoms with Crippen LogP contribution in [0.2, 0.25) is 0 Å². The number of aryl methyl sites for hydroxylation is 2. The van der Waals surface area contributed by atoms with Gasteiger partial charge in [-0.05, 0) is 62.4 Å². The van der Waals surface area contributed by atoms with Crippen LogP contribution in [-0.4, -0.2) is 57.6 Å². The Balaban J connectivity index is 1.21. The highest BCUT2D eigenvalue weighted by Gasteiger charge is 2.16. The lowest BCUT2D eigenvalue weighted by Crippen LogP contribution is -2.44. The zero-order valence-corrected chi connectivity index (χ0v) is 23.9. The van der Waals surface area contributed by atoms with Gasteiger partial charge in [-0.25, -0.2) is 15.0 Å². The normalized spacial score (nSPS) is 13.8. The van der Waals surface area contributed by atoms with E-state index in [1.165, 1.54) is 11.3 Å². The molecule has 208 valence electrons. The Bertz CT molecular complexity index is 1620. The predicted molar refractivity (Wildman–Crippen MR) is 167 cm³/mol. The van der Waals surface area contributed by atoms with Crippen molar-refractivity contribution < 1.29 is 0 Å². The second-order valence-corrected chi connectivity index (χ2v) is 10.7. The number of nitrogens with one attached hydrogen (secondary N) is 2. The van der Waals surface area contributed by atoms with Gasteiger partial charge in [0.1, 0.15) is 0 Å². The van der Waals surface area contributed by atoms with Crippen LogP contribution in [-0.2, 0) is 6.54 Å². The lowest BCUT2D eigenvalue weighted by molar-refractivity contribution is 0.313. The van der Waals surface area contributed by atoms with Crippen LogP contribution >= 0.6 is 0 Å². The van der Waals surface area contributed by atoms with Crippen molar-refractivity contribution in [2.24, 2.45) is 0 Å². The molecule has 0 bridgehead atoms. The first kappa shape index (κ1) is 26.5. The maximum atomic E-state index is 4.75. The molecule has 0 spiro atoms. The van der Waals surface area contributed by atoms with Crippen LogP contribution in [0, 0.1) is 13.8 Å². The maximum Gasteiger partial charge on any atom is 0.227 e. The monoisotopic (exact) mass is 544 g/mol. The third-order valence-electron chi connectivity index (χ3n) is 7.55. The number of hydrogen-bond acceptors (Lipinski definition) is 7. The topological polar surface area (TPSA) is 74.1 Å². The summed E-state index contributed by atoms with van der Waals surface area (Å²) in [5.41, 5.74) is 9.67. The molecule has 8 nitrogen and oxygen atoms in total. The first-order valence-corrected chi connectivity index (χ1v) is 14.1. The first-order valence-electron chi connectivity index (χ1n) is 14.1. The molecule has 0 saturated carbocycles. The van der Waals surface area contributed by atoms with E-state index >= 15 is 0 Å². The molecule has 0 atom stereocenters. The maximum absolute atomic E-state index is 4.75. The summed E-state index contributed by atoms with van der Waals surface area (Å²) in [4.78, 5) is 18.5. The highest BCUT2D eigenvalue weighted by Crippen LogP contribution is 2.28. The third-order valence-corrected chi connectivity index (χ3v) is 7.55. The van der Waals surface area contributed by atoms with Crippen LogP contribution in [0.4, 0.5) is 23.0 Å². The quantitative estimate of drug-likeness (QED) is 0.246. The summed E-state index contributed by atoms with van der Waals surface area (Å²) >= 11 is 0. The van der Waals surface area contributed by atoms with E-state index in [0.29, 0.717) is 12.5 Å². The van der Waals surface area contributed by atoms with Gasteiger partial charge in [0.15, 0.2) is 0 Å². The van der Waals surface area contributed by atoms with E-state index in [2.05, 4.69) is 104 Å². The fraction of sp³-hybridized carbons (Fsp3) is 0.242. The van der Waals surface area contributed by atoms with Crippen molar-refractivity contribution in [1.29, 1.82) is 0 Å². The Morgan fingerprint density at radius 2 is 1.63 bits per heavy atom. The molecule has 0 unspecified atom stereocenters. The lowest BCUT2D eigenvalue weighted by atomic mass is 10.1. The molecule has 8 heteroatoms. The average Bonchev–Trinajstić information content (AvgIpc) is 3.45. The van der Waals surface area contributed by atoms with Crippen LogP contribution in [0.5, 0.6) is 0 Å². The van der Waals surface area contributed by atoms with Gasteiger partial charge in [-0.3, -0.25) is 0 Å². The summed E-state index contributed by atoms with van der Waals surface area (Å²) in [6, 6.07) is 25.3. The van der Waals surface area contributed by atoms with E-state index in [1.54, 1.807) is 6.20 Å². The molecule has 1 aliphatic rings. The highest BCUT2D eigenvalue weighted by atomic mass is 15.2. The lowest BCUT2D eigenvalue weighted by Gasteiger charge is -2.34. The number of hydrogen-bond donors (Lipinski definition) is 2. The molecule has 2 aromatic heterocycles. The van der Waals surface area contributed by atoms with Gasteiger partial charge in [-0.2, -0.15) is 0 Å². The molecule has 1 saturated heterocycles. The number of piperazine rings is 1. The number of anilines is 4. The molecule has 0 amide bonds. The van der Waals surface area contributed by atoms with Crippen molar-refractivity contribution in [2.75, 3.05) is 48.8 Å². The number of aromatic nitrogens is 4. The Morgan fingerprint density at radius 1 is 0.829 bits per heavy atom. The molecule has 1 fully saturated rings. The Morgan fingerprint density at radius 3 is 2.41 bits per heavy atom.